The second kappa shape index (κ2) is 8.06. The smallest absolute Gasteiger partial charge is 0.257 e. The Bertz CT molecular complexity index is 683. The molecule has 0 radical (unpaired) electrons. The van der Waals surface area contributed by atoms with E-state index in [0.29, 0.717) is 23.1 Å². The van der Waals surface area contributed by atoms with Crippen LogP contribution in [0.5, 0.6) is 11.5 Å². The fourth-order valence-electron chi connectivity index (χ4n) is 2.26. The van der Waals surface area contributed by atoms with Crippen molar-refractivity contribution in [3.05, 3.63) is 59.1 Å². The Kier molecular flexibility index (Phi) is 6.10. The Labute approximate surface area is 147 Å². The number of hydrogen-bond acceptors (Lipinski definition) is 3. The minimum absolute atomic E-state index is 0.0585. The molecule has 0 aromatic heterocycles. The van der Waals surface area contributed by atoms with Crippen LogP contribution < -0.4 is 14.8 Å². The van der Waals surface area contributed by atoms with Crippen LogP contribution >= 0.6 is 11.6 Å². The van der Waals surface area contributed by atoms with E-state index in [1.54, 1.807) is 19.2 Å². The molecule has 1 amide bonds. The molecule has 2 rings (SSSR count). The highest BCUT2D eigenvalue weighted by Crippen LogP contribution is 2.26. The molecule has 0 aliphatic heterocycles. The average molecular weight is 348 g/mol. The lowest BCUT2D eigenvalue weighted by Gasteiger charge is -2.25. The third-order valence-electron chi connectivity index (χ3n) is 3.78. The first-order valence-electron chi connectivity index (χ1n) is 7.71. The summed E-state index contributed by atoms with van der Waals surface area (Å²) in [7, 11) is 1.57. The molecular formula is C19H22ClNO3. The van der Waals surface area contributed by atoms with Crippen LogP contribution in [0, 0.1) is 0 Å². The van der Waals surface area contributed by atoms with Crippen LogP contribution in [0.4, 0.5) is 0 Å². The summed E-state index contributed by atoms with van der Waals surface area (Å²) in [5, 5.41) is 3.60. The topological polar surface area (TPSA) is 47.6 Å². The fraction of sp³-hybridized carbons (Fsp3) is 0.316. The Hall–Kier alpha value is -2.20. The summed E-state index contributed by atoms with van der Waals surface area (Å²) in [6, 6.07) is 14.9. The van der Waals surface area contributed by atoms with Gasteiger partial charge in [0.05, 0.1) is 7.11 Å². The Balaban J connectivity index is 1.87. The third kappa shape index (κ3) is 4.90. The predicted molar refractivity (Wildman–Crippen MR) is 96.0 cm³/mol. The molecule has 2 aromatic carbocycles. The summed E-state index contributed by atoms with van der Waals surface area (Å²) in [6.07, 6.45) is 0. The van der Waals surface area contributed by atoms with E-state index in [4.69, 9.17) is 21.1 Å². The minimum atomic E-state index is -0.204. The van der Waals surface area contributed by atoms with Gasteiger partial charge >= 0.3 is 0 Å². The highest BCUT2D eigenvalue weighted by atomic mass is 35.5. The lowest BCUT2D eigenvalue weighted by molar-refractivity contribution is -0.123. The highest BCUT2D eigenvalue weighted by Gasteiger charge is 2.21. The molecule has 0 unspecified atom stereocenters. The molecule has 0 fully saturated rings. The first-order chi connectivity index (χ1) is 11.4. The number of hydrogen-bond donors (Lipinski definition) is 1. The summed E-state index contributed by atoms with van der Waals surface area (Å²) in [6.45, 7) is 4.58. The summed E-state index contributed by atoms with van der Waals surface area (Å²) in [5.41, 5.74) is 0.905. The molecule has 0 spiro atoms. The van der Waals surface area contributed by atoms with Crippen molar-refractivity contribution in [3.8, 4) is 11.5 Å². The number of benzene rings is 2. The first kappa shape index (κ1) is 18.1. The Morgan fingerprint density at radius 1 is 1.08 bits per heavy atom. The molecule has 0 aliphatic rings. The average Bonchev–Trinajstić information content (AvgIpc) is 2.59. The minimum Gasteiger partial charge on any atom is -0.493 e. The van der Waals surface area contributed by atoms with Crippen molar-refractivity contribution in [2.45, 2.75) is 19.3 Å². The van der Waals surface area contributed by atoms with Gasteiger partial charge in [-0.2, -0.15) is 0 Å². The van der Waals surface area contributed by atoms with Crippen LogP contribution in [-0.2, 0) is 10.2 Å². The van der Waals surface area contributed by atoms with Crippen molar-refractivity contribution in [3.63, 3.8) is 0 Å². The first-order valence-corrected chi connectivity index (χ1v) is 8.09. The molecule has 24 heavy (non-hydrogen) atoms. The summed E-state index contributed by atoms with van der Waals surface area (Å²) in [4.78, 5) is 12.1. The van der Waals surface area contributed by atoms with E-state index in [-0.39, 0.29) is 17.9 Å². The van der Waals surface area contributed by atoms with Gasteiger partial charge in [0, 0.05) is 17.0 Å². The molecular weight excluding hydrogens is 326 g/mol. The molecule has 128 valence electrons. The van der Waals surface area contributed by atoms with Gasteiger partial charge in [-0.25, -0.2) is 0 Å². The summed E-state index contributed by atoms with van der Waals surface area (Å²) in [5.74, 6) is 0.974. The van der Waals surface area contributed by atoms with Gasteiger partial charge in [0.2, 0.25) is 0 Å². The zero-order chi connectivity index (χ0) is 17.6. The summed E-state index contributed by atoms with van der Waals surface area (Å²) < 4.78 is 10.7. The van der Waals surface area contributed by atoms with Crippen molar-refractivity contribution in [1.82, 2.24) is 5.32 Å². The Morgan fingerprint density at radius 2 is 1.71 bits per heavy atom. The number of carbonyl (C=O) groups excluding carboxylic acids is 1. The molecule has 0 bridgehead atoms. The van der Waals surface area contributed by atoms with Gasteiger partial charge in [-0.15, -0.1) is 0 Å². The van der Waals surface area contributed by atoms with E-state index in [1.165, 1.54) is 0 Å². The SMILES string of the molecule is COc1ccccc1OCC(=O)NCC(C)(C)c1ccc(Cl)cc1. The maximum absolute atomic E-state index is 12.1. The monoisotopic (exact) mass is 347 g/mol. The zero-order valence-electron chi connectivity index (χ0n) is 14.1. The zero-order valence-corrected chi connectivity index (χ0v) is 14.9. The lowest BCUT2D eigenvalue weighted by atomic mass is 9.84. The van der Waals surface area contributed by atoms with Crippen LogP contribution in [0.15, 0.2) is 48.5 Å². The third-order valence-corrected chi connectivity index (χ3v) is 4.03. The number of rotatable bonds is 7. The van der Waals surface area contributed by atoms with Crippen molar-refractivity contribution in [2.75, 3.05) is 20.3 Å². The van der Waals surface area contributed by atoms with E-state index < -0.39 is 0 Å². The normalized spacial score (nSPS) is 11.0. The quantitative estimate of drug-likeness (QED) is 0.828. The molecule has 0 saturated heterocycles. The van der Waals surface area contributed by atoms with Crippen molar-refractivity contribution >= 4 is 17.5 Å². The molecule has 4 nitrogen and oxygen atoms in total. The predicted octanol–water partition coefficient (Wildman–Crippen LogP) is 3.82. The van der Waals surface area contributed by atoms with E-state index >= 15 is 0 Å². The molecule has 0 atom stereocenters. The number of amides is 1. The van der Waals surface area contributed by atoms with Crippen molar-refractivity contribution in [1.29, 1.82) is 0 Å². The van der Waals surface area contributed by atoms with Crippen molar-refractivity contribution in [2.24, 2.45) is 0 Å². The standard InChI is InChI=1S/C19H22ClNO3/c1-19(2,14-8-10-15(20)11-9-14)13-21-18(22)12-24-17-7-5-4-6-16(17)23-3/h4-11H,12-13H2,1-3H3,(H,21,22). The van der Waals surface area contributed by atoms with E-state index in [0.717, 1.165) is 5.56 Å². The van der Waals surface area contributed by atoms with Crippen LogP contribution in [0.3, 0.4) is 0 Å². The number of ether oxygens (including phenoxy) is 2. The number of methoxy groups -OCH3 is 1. The molecule has 2 aromatic rings. The molecule has 0 heterocycles. The summed E-state index contributed by atoms with van der Waals surface area (Å²) >= 11 is 5.92. The highest BCUT2D eigenvalue weighted by molar-refractivity contribution is 6.30. The van der Waals surface area contributed by atoms with Crippen LogP contribution in [0.25, 0.3) is 0 Å². The molecule has 0 aliphatic carbocycles. The van der Waals surface area contributed by atoms with Gasteiger partial charge in [-0.05, 0) is 29.8 Å². The number of carbonyl (C=O) groups is 1. The second-order valence-corrected chi connectivity index (χ2v) is 6.54. The van der Waals surface area contributed by atoms with Crippen LogP contribution in [0.1, 0.15) is 19.4 Å². The van der Waals surface area contributed by atoms with E-state index in [1.807, 2.05) is 36.4 Å². The lowest BCUT2D eigenvalue weighted by Crippen LogP contribution is -2.38. The van der Waals surface area contributed by atoms with E-state index in [9.17, 15) is 4.79 Å². The molecule has 5 heteroatoms. The number of para-hydroxylation sites is 2. The van der Waals surface area contributed by atoms with Gasteiger partial charge in [-0.1, -0.05) is 49.7 Å². The van der Waals surface area contributed by atoms with Crippen molar-refractivity contribution < 1.29 is 14.3 Å². The Morgan fingerprint density at radius 3 is 2.33 bits per heavy atom. The maximum atomic E-state index is 12.1. The fourth-order valence-corrected chi connectivity index (χ4v) is 2.38. The van der Waals surface area contributed by atoms with Gasteiger partial charge in [0.1, 0.15) is 0 Å². The largest absolute Gasteiger partial charge is 0.493 e. The molecule has 1 N–H and O–H groups in total. The number of nitrogens with one attached hydrogen (secondary N) is 1. The maximum Gasteiger partial charge on any atom is 0.257 e. The second-order valence-electron chi connectivity index (χ2n) is 6.11. The van der Waals surface area contributed by atoms with Gasteiger partial charge in [-0.3, -0.25) is 4.79 Å². The molecule has 0 saturated carbocycles. The van der Waals surface area contributed by atoms with Gasteiger partial charge in [0.15, 0.2) is 18.1 Å². The number of halogens is 1. The van der Waals surface area contributed by atoms with Crippen LogP contribution in [0.2, 0.25) is 5.02 Å². The van der Waals surface area contributed by atoms with Crippen LogP contribution in [-0.4, -0.2) is 26.2 Å². The van der Waals surface area contributed by atoms with E-state index in [2.05, 4.69) is 19.2 Å². The van der Waals surface area contributed by atoms with Gasteiger partial charge in [0.25, 0.3) is 5.91 Å². The van der Waals surface area contributed by atoms with Gasteiger partial charge < -0.3 is 14.8 Å².